The predicted molar refractivity (Wildman–Crippen MR) is 98.8 cm³/mol. The van der Waals surface area contributed by atoms with E-state index in [9.17, 15) is 23.9 Å². The Balaban J connectivity index is 2.61. The van der Waals surface area contributed by atoms with Gasteiger partial charge in [0.2, 0.25) is 0 Å². The molecule has 6 nitrogen and oxygen atoms in total. The van der Waals surface area contributed by atoms with Gasteiger partial charge in [0.05, 0.1) is 23.7 Å². The first-order valence-corrected chi connectivity index (χ1v) is 9.35. The summed E-state index contributed by atoms with van der Waals surface area (Å²) in [6.07, 6.45) is -1.35. The van der Waals surface area contributed by atoms with E-state index >= 15 is 0 Å². The van der Waals surface area contributed by atoms with E-state index in [4.69, 9.17) is 9.47 Å². The number of hydrogen-bond acceptors (Lipinski definition) is 6. The van der Waals surface area contributed by atoms with Crippen LogP contribution in [0, 0.1) is 17.7 Å². The van der Waals surface area contributed by atoms with Gasteiger partial charge in [-0.05, 0) is 52.3 Å². The number of Topliss-reactive ketones (excluding diaryl/α,β-unsaturated/α-hetero) is 1. The highest BCUT2D eigenvalue weighted by Crippen LogP contribution is 2.47. The van der Waals surface area contributed by atoms with E-state index in [1.807, 2.05) is 0 Å². The first-order valence-electron chi connectivity index (χ1n) is 9.35. The third-order valence-electron chi connectivity index (χ3n) is 4.71. The lowest BCUT2D eigenvalue weighted by atomic mass is 9.61. The standard InChI is InChI=1S/C21H27FO6/c1-11(2)27-19(24)17-15(23)10-21(5,26)18(20(25)28-12(3)4)16(17)13-7-6-8-14(22)9-13/h6-9,11-12,16-18,26H,10H2,1-5H3/t16-,17+,18-,21-/m0/s1. The number of hydrogen-bond donors (Lipinski definition) is 1. The molecule has 0 bridgehead atoms. The minimum absolute atomic E-state index is 0.254. The number of halogens is 1. The van der Waals surface area contributed by atoms with Crippen molar-refractivity contribution >= 4 is 17.7 Å². The molecule has 28 heavy (non-hydrogen) atoms. The van der Waals surface area contributed by atoms with Gasteiger partial charge in [0.15, 0.2) is 5.78 Å². The van der Waals surface area contributed by atoms with Crippen molar-refractivity contribution in [1.29, 1.82) is 0 Å². The maximum Gasteiger partial charge on any atom is 0.317 e. The highest BCUT2D eigenvalue weighted by atomic mass is 19.1. The van der Waals surface area contributed by atoms with Crippen molar-refractivity contribution in [3.05, 3.63) is 35.6 Å². The molecule has 1 N–H and O–H groups in total. The van der Waals surface area contributed by atoms with Crippen LogP contribution in [0.2, 0.25) is 0 Å². The van der Waals surface area contributed by atoms with Gasteiger partial charge in [-0.2, -0.15) is 0 Å². The Bertz CT molecular complexity index is 747. The lowest BCUT2D eigenvalue weighted by molar-refractivity contribution is -0.176. The Morgan fingerprint density at radius 2 is 1.71 bits per heavy atom. The Kier molecular flexibility index (Phi) is 6.59. The fraction of sp³-hybridized carbons (Fsp3) is 0.571. The van der Waals surface area contributed by atoms with Crippen molar-refractivity contribution in [2.24, 2.45) is 11.8 Å². The molecule has 2 rings (SSSR count). The Morgan fingerprint density at radius 1 is 1.14 bits per heavy atom. The molecule has 0 radical (unpaired) electrons. The third kappa shape index (κ3) is 4.76. The van der Waals surface area contributed by atoms with Crippen LogP contribution in [-0.4, -0.2) is 40.6 Å². The van der Waals surface area contributed by atoms with Crippen LogP contribution in [0.25, 0.3) is 0 Å². The second-order valence-electron chi connectivity index (χ2n) is 8.01. The van der Waals surface area contributed by atoms with Gasteiger partial charge in [-0.1, -0.05) is 12.1 Å². The minimum Gasteiger partial charge on any atom is -0.463 e. The lowest BCUT2D eigenvalue weighted by Gasteiger charge is -2.44. The molecule has 1 aromatic carbocycles. The fourth-order valence-electron chi connectivity index (χ4n) is 3.74. The van der Waals surface area contributed by atoms with Crippen LogP contribution in [0.1, 0.15) is 52.5 Å². The van der Waals surface area contributed by atoms with E-state index in [0.29, 0.717) is 0 Å². The van der Waals surface area contributed by atoms with E-state index < -0.39 is 65.5 Å². The molecule has 0 heterocycles. The van der Waals surface area contributed by atoms with E-state index in [0.717, 1.165) is 6.07 Å². The third-order valence-corrected chi connectivity index (χ3v) is 4.71. The van der Waals surface area contributed by atoms with Gasteiger partial charge in [-0.3, -0.25) is 14.4 Å². The number of carbonyl (C=O) groups is 3. The zero-order valence-corrected chi connectivity index (χ0v) is 16.8. The summed E-state index contributed by atoms with van der Waals surface area (Å²) in [6.45, 7) is 7.95. The summed E-state index contributed by atoms with van der Waals surface area (Å²) in [5.74, 6) is -6.37. The summed E-state index contributed by atoms with van der Waals surface area (Å²) >= 11 is 0. The molecule has 1 aromatic rings. The fourth-order valence-corrected chi connectivity index (χ4v) is 3.74. The van der Waals surface area contributed by atoms with Gasteiger partial charge in [0, 0.05) is 12.3 Å². The highest BCUT2D eigenvalue weighted by Gasteiger charge is 2.57. The second kappa shape index (κ2) is 8.39. The molecule has 154 valence electrons. The minimum atomic E-state index is -1.76. The molecule has 0 aliphatic heterocycles. The molecule has 4 atom stereocenters. The Morgan fingerprint density at radius 3 is 2.25 bits per heavy atom. The first-order chi connectivity index (χ1) is 12.9. The van der Waals surface area contributed by atoms with Crippen molar-refractivity contribution in [2.75, 3.05) is 0 Å². The van der Waals surface area contributed by atoms with E-state index in [-0.39, 0.29) is 5.56 Å². The molecule has 7 heteroatoms. The van der Waals surface area contributed by atoms with Crippen LogP contribution in [-0.2, 0) is 23.9 Å². The molecular formula is C21H27FO6. The maximum absolute atomic E-state index is 13.9. The van der Waals surface area contributed by atoms with E-state index in [1.54, 1.807) is 27.7 Å². The average Bonchev–Trinajstić information content (AvgIpc) is 2.51. The second-order valence-corrected chi connectivity index (χ2v) is 8.01. The Labute approximate surface area is 164 Å². The van der Waals surface area contributed by atoms with Crippen molar-refractivity contribution in [2.45, 2.75) is 64.8 Å². The number of benzene rings is 1. The normalized spacial score (nSPS) is 27.8. The topological polar surface area (TPSA) is 89.9 Å². The summed E-state index contributed by atoms with van der Waals surface area (Å²) in [5.41, 5.74) is -1.50. The molecular weight excluding hydrogens is 367 g/mol. The molecule has 0 amide bonds. The summed E-state index contributed by atoms with van der Waals surface area (Å²) in [5, 5.41) is 10.9. The largest absolute Gasteiger partial charge is 0.463 e. The molecule has 1 fully saturated rings. The average molecular weight is 394 g/mol. The Hall–Kier alpha value is -2.28. The van der Waals surface area contributed by atoms with Crippen LogP contribution in [0.15, 0.2) is 24.3 Å². The van der Waals surface area contributed by atoms with Crippen LogP contribution in [0.3, 0.4) is 0 Å². The molecule has 1 aliphatic rings. The molecule has 0 unspecified atom stereocenters. The predicted octanol–water partition coefficient (Wildman–Crippen LogP) is 2.77. The van der Waals surface area contributed by atoms with Crippen LogP contribution < -0.4 is 0 Å². The lowest BCUT2D eigenvalue weighted by Crippen LogP contribution is -2.55. The van der Waals surface area contributed by atoms with Crippen LogP contribution >= 0.6 is 0 Å². The molecule has 0 spiro atoms. The molecule has 1 saturated carbocycles. The molecule has 1 aliphatic carbocycles. The zero-order valence-electron chi connectivity index (χ0n) is 16.8. The number of aliphatic hydroxyl groups is 1. The number of ketones is 1. The molecule has 0 aromatic heterocycles. The van der Waals surface area contributed by atoms with E-state index in [2.05, 4.69) is 0 Å². The van der Waals surface area contributed by atoms with Crippen molar-refractivity contribution in [3.8, 4) is 0 Å². The van der Waals surface area contributed by atoms with E-state index in [1.165, 1.54) is 25.1 Å². The smallest absolute Gasteiger partial charge is 0.317 e. The van der Waals surface area contributed by atoms with Gasteiger partial charge in [-0.15, -0.1) is 0 Å². The monoisotopic (exact) mass is 394 g/mol. The van der Waals surface area contributed by atoms with Crippen molar-refractivity contribution in [3.63, 3.8) is 0 Å². The van der Waals surface area contributed by atoms with Gasteiger partial charge in [-0.25, -0.2) is 4.39 Å². The number of rotatable bonds is 5. The zero-order chi connectivity index (χ0) is 21.2. The number of esters is 2. The maximum atomic E-state index is 13.9. The van der Waals surface area contributed by atoms with Gasteiger partial charge < -0.3 is 14.6 Å². The van der Waals surface area contributed by atoms with Crippen molar-refractivity contribution < 1.29 is 33.4 Å². The first kappa shape index (κ1) is 22.0. The van der Waals surface area contributed by atoms with Gasteiger partial charge >= 0.3 is 11.9 Å². The SMILES string of the molecule is CC(C)OC(=O)[C@@H]1C(=O)C[C@](C)(O)[C@H](C(=O)OC(C)C)[C@H]1c1cccc(F)c1. The quantitative estimate of drug-likeness (QED) is 0.610. The van der Waals surface area contributed by atoms with Gasteiger partial charge in [0.1, 0.15) is 11.7 Å². The van der Waals surface area contributed by atoms with Gasteiger partial charge in [0.25, 0.3) is 0 Å². The highest BCUT2D eigenvalue weighted by molar-refractivity contribution is 6.02. The number of ether oxygens (including phenoxy) is 2. The van der Waals surface area contributed by atoms with Crippen LogP contribution in [0.4, 0.5) is 4.39 Å². The van der Waals surface area contributed by atoms with Crippen LogP contribution in [0.5, 0.6) is 0 Å². The molecule has 0 saturated heterocycles. The van der Waals surface area contributed by atoms with Crippen molar-refractivity contribution in [1.82, 2.24) is 0 Å². The number of carbonyl (C=O) groups excluding carboxylic acids is 3. The summed E-state index contributed by atoms with van der Waals surface area (Å²) < 4.78 is 24.4. The summed E-state index contributed by atoms with van der Waals surface area (Å²) in [4.78, 5) is 38.4. The summed E-state index contributed by atoms with van der Waals surface area (Å²) in [7, 11) is 0. The summed E-state index contributed by atoms with van der Waals surface area (Å²) in [6, 6.07) is 5.32.